The van der Waals surface area contributed by atoms with Crippen LogP contribution in [-0.2, 0) is 14.6 Å². The fraction of sp³-hybridized carbons (Fsp3) is 0.462. The molecule has 1 heterocycles. The third-order valence-corrected chi connectivity index (χ3v) is 5.14. The summed E-state index contributed by atoms with van der Waals surface area (Å²) in [5, 5.41) is 3.15. The Morgan fingerprint density at radius 3 is 2.62 bits per heavy atom. The molecule has 0 unspecified atom stereocenters. The lowest BCUT2D eigenvalue weighted by Gasteiger charge is -2.25. The molecule has 0 saturated carbocycles. The molecule has 2 rings (SSSR count). The van der Waals surface area contributed by atoms with Gasteiger partial charge >= 0.3 is 0 Å². The molecule has 6 nitrogen and oxygen atoms in total. The van der Waals surface area contributed by atoms with Gasteiger partial charge in [0.25, 0.3) is 0 Å². The van der Waals surface area contributed by atoms with Crippen molar-refractivity contribution in [1.29, 1.82) is 0 Å². The fourth-order valence-corrected chi connectivity index (χ4v) is 3.59. The van der Waals surface area contributed by atoms with Crippen molar-refractivity contribution in [3.63, 3.8) is 0 Å². The highest BCUT2D eigenvalue weighted by molar-refractivity contribution is 7.91. The summed E-state index contributed by atoms with van der Waals surface area (Å²) in [6.45, 7) is 0.942. The lowest BCUT2D eigenvalue weighted by atomic mass is 10.3. The minimum Gasteiger partial charge on any atom is -0.495 e. The molecule has 0 radical (unpaired) electrons. The van der Waals surface area contributed by atoms with Gasteiger partial charge in [0, 0.05) is 18.8 Å². The topological polar surface area (TPSA) is 75.7 Å². The van der Waals surface area contributed by atoms with Gasteiger partial charge < -0.3 is 10.1 Å². The van der Waals surface area contributed by atoms with E-state index < -0.39 is 9.84 Å². The summed E-state index contributed by atoms with van der Waals surface area (Å²) in [5.41, 5.74) is 0.579. The number of ether oxygens (including phenoxy) is 1. The largest absolute Gasteiger partial charge is 0.495 e. The number of halogens is 1. The second kappa shape index (κ2) is 6.64. The predicted molar refractivity (Wildman–Crippen MR) is 81.7 cm³/mol. The van der Waals surface area contributed by atoms with Crippen LogP contribution in [0.2, 0.25) is 5.02 Å². The predicted octanol–water partition coefficient (Wildman–Crippen LogP) is 1.02. The van der Waals surface area contributed by atoms with E-state index in [4.69, 9.17) is 16.3 Å². The highest BCUT2D eigenvalue weighted by Gasteiger charge is 2.22. The Hall–Kier alpha value is -1.31. The summed E-state index contributed by atoms with van der Waals surface area (Å²) < 4.78 is 27.7. The van der Waals surface area contributed by atoms with Crippen molar-refractivity contribution < 1.29 is 17.9 Å². The van der Waals surface area contributed by atoms with Crippen LogP contribution in [0.5, 0.6) is 5.75 Å². The number of benzene rings is 1. The summed E-state index contributed by atoms with van der Waals surface area (Å²) in [6.07, 6.45) is 0. The zero-order chi connectivity index (χ0) is 15.5. The summed E-state index contributed by atoms with van der Waals surface area (Å²) in [6, 6.07) is 4.98. The smallest absolute Gasteiger partial charge is 0.238 e. The molecule has 116 valence electrons. The van der Waals surface area contributed by atoms with Gasteiger partial charge in [0.1, 0.15) is 5.75 Å². The van der Waals surface area contributed by atoms with Crippen molar-refractivity contribution in [3.05, 3.63) is 23.2 Å². The third kappa shape index (κ3) is 4.59. The van der Waals surface area contributed by atoms with Crippen LogP contribution in [0.15, 0.2) is 18.2 Å². The number of anilines is 1. The SMILES string of the molecule is COc1ccc(NC(=O)CN2CCS(=O)(=O)CC2)cc1Cl. The van der Waals surface area contributed by atoms with Gasteiger partial charge in [-0.3, -0.25) is 9.69 Å². The van der Waals surface area contributed by atoms with E-state index in [0.717, 1.165) is 0 Å². The molecule has 1 aromatic rings. The fourth-order valence-electron chi connectivity index (χ4n) is 2.06. The average molecular weight is 333 g/mol. The molecule has 1 saturated heterocycles. The maximum absolute atomic E-state index is 11.9. The highest BCUT2D eigenvalue weighted by Crippen LogP contribution is 2.27. The van der Waals surface area contributed by atoms with Crippen LogP contribution in [0.1, 0.15) is 0 Å². The molecule has 0 bridgehead atoms. The quantitative estimate of drug-likeness (QED) is 0.891. The van der Waals surface area contributed by atoms with E-state index in [1.165, 1.54) is 7.11 Å². The first-order valence-corrected chi connectivity index (χ1v) is 8.66. The number of rotatable bonds is 4. The summed E-state index contributed by atoms with van der Waals surface area (Å²) >= 11 is 5.98. The number of amides is 1. The third-order valence-electron chi connectivity index (χ3n) is 3.24. The van der Waals surface area contributed by atoms with Gasteiger partial charge in [-0.05, 0) is 18.2 Å². The summed E-state index contributed by atoms with van der Waals surface area (Å²) in [5.74, 6) is 0.551. The Balaban J connectivity index is 1.89. The molecule has 1 aromatic carbocycles. The van der Waals surface area contributed by atoms with E-state index in [1.807, 2.05) is 4.90 Å². The van der Waals surface area contributed by atoms with E-state index >= 15 is 0 Å². The van der Waals surface area contributed by atoms with Crippen molar-refractivity contribution in [3.8, 4) is 5.75 Å². The Kier molecular flexibility index (Phi) is 5.08. The lowest BCUT2D eigenvalue weighted by Crippen LogP contribution is -2.43. The van der Waals surface area contributed by atoms with Crippen molar-refractivity contribution >= 4 is 33.0 Å². The van der Waals surface area contributed by atoms with E-state index in [-0.39, 0.29) is 24.0 Å². The van der Waals surface area contributed by atoms with Gasteiger partial charge in [0.05, 0.1) is 30.2 Å². The Labute approximate surface area is 128 Å². The minimum atomic E-state index is -2.93. The highest BCUT2D eigenvalue weighted by atomic mass is 35.5. The van der Waals surface area contributed by atoms with Crippen molar-refractivity contribution in [2.45, 2.75) is 0 Å². The first-order valence-electron chi connectivity index (χ1n) is 6.46. The van der Waals surface area contributed by atoms with Gasteiger partial charge in [-0.15, -0.1) is 0 Å². The molecular formula is C13H17ClN2O4S. The van der Waals surface area contributed by atoms with Crippen molar-refractivity contribution in [2.75, 3.05) is 43.6 Å². The molecular weight excluding hydrogens is 316 g/mol. The van der Waals surface area contributed by atoms with Crippen molar-refractivity contribution in [2.24, 2.45) is 0 Å². The summed E-state index contributed by atoms with van der Waals surface area (Å²) in [7, 11) is -1.41. The molecule has 1 N–H and O–H groups in total. The van der Waals surface area contributed by atoms with Crippen LogP contribution in [-0.4, -0.2) is 57.5 Å². The normalized spacial score (nSPS) is 18.2. The van der Waals surface area contributed by atoms with Crippen LogP contribution in [0.3, 0.4) is 0 Å². The molecule has 1 aliphatic rings. The molecule has 0 atom stereocenters. The molecule has 1 amide bonds. The maximum Gasteiger partial charge on any atom is 0.238 e. The van der Waals surface area contributed by atoms with Crippen molar-refractivity contribution in [1.82, 2.24) is 4.90 Å². The molecule has 8 heteroatoms. The second-order valence-corrected chi connectivity index (χ2v) is 7.54. The van der Waals surface area contributed by atoms with Crippen LogP contribution in [0.25, 0.3) is 0 Å². The maximum atomic E-state index is 11.9. The van der Waals surface area contributed by atoms with E-state index in [0.29, 0.717) is 29.5 Å². The van der Waals surface area contributed by atoms with E-state index in [9.17, 15) is 13.2 Å². The Morgan fingerprint density at radius 1 is 1.38 bits per heavy atom. The number of carbonyl (C=O) groups excluding carboxylic acids is 1. The minimum absolute atomic E-state index is 0.106. The number of carbonyl (C=O) groups is 1. The van der Waals surface area contributed by atoms with E-state index in [1.54, 1.807) is 18.2 Å². The molecule has 0 aromatic heterocycles. The molecule has 0 aliphatic carbocycles. The monoisotopic (exact) mass is 332 g/mol. The van der Waals surface area contributed by atoms with Crippen LogP contribution >= 0.6 is 11.6 Å². The number of hydrogen-bond donors (Lipinski definition) is 1. The second-order valence-electron chi connectivity index (χ2n) is 4.83. The number of methoxy groups -OCH3 is 1. The molecule has 1 fully saturated rings. The number of sulfone groups is 1. The van der Waals surface area contributed by atoms with Crippen LogP contribution in [0, 0.1) is 0 Å². The average Bonchev–Trinajstić information content (AvgIpc) is 2.41. The lowest BCUT2D eigenvalue weighted by molar-refractivity contribution is -0.117. The van der Waals surface area contributed by atoms with Gasteiger partial charge in [-0.25, -0.2) is 8.42 Å². The van der Waals surface area contributed by atoms with Crippen LogP contribution in [0.4, 0.5) is 5.69 Å². The first kappa shape index (κ1) is 16.1. The molecule has 21 heavy (non-hydrogen) atoms. The standard InChI is InChI=1S/C13H17ClN2O4S/c1-20-12-3-2-10(8-11(12)14)15-13(17)9-16-4-6-21(18,19)7-5-16/h2-3,8H,4-7,9H2,1H3,(H,15,17). The number of nitrogens with zero attached hydrogens (tertiary/aromatic N) is 1. The number of hydrogen-bond acceptors (Lipinski definition) is 5. The van der Waals surface area contributed by atoms with Gasteiger partial charge in [0.15, 0.2) is 9.84 Å². The first-order chi connectivity index (χ1) is 9.89. The van der Waals surface area contributed by atoms with E-state index in [2.05, 4.69) is 5.32 Å². The zero-order valence-corrected chi connectivity index (χ0v) is 13.2. The Morgan fingerprint density at radius 2 is 2.05 bits per heavy atom. The Bertz CT molecular complexity index is 619. The number of nitrogens with one attached hydrogen (secondary N) is 1. The summed E-state index contributed by atoms with van der Waals surface area (Å²) in [4.78, 5) is 13.8. The van der Waals surface area contributed by atoms with Crippen LogP contribution < -0.4 is 10.1 Å². The zero-order valence-electron chi connectivity index (χ0n) is 11.6. The van der Waals surface area contributed by atoms with Gasteiger partial charge in [0.2, 0.25) is 5.91 Å². The van der Waals surface area contributed by atoms with Gasteiger partial charge in [-0.2, -0.15) is 0 Å². The van der Waals surface area contributed by atoms with Gasteiger partial charge in [-0.1, -0.05) is 11.6 Å². The molecule has 0 spiro atoms. The molecule has 1 aliphatic heterocycles.